The fraction of sp³-hybridized carbons (Fsp3) is 0.188. The number of methoxy groups -OCH3 is 1. The van der Waals surface area contributed by atoms with E-state index in [1.807, 2.05) is 0 Å². The van der Waals surface area contributed by atoms with Crippen molar-refractivity contribution in [2.45, 2.75) is 11.5 Å². The standard InChI is InChI=1S/C16H15N3O2S/c1-20-15-7-13-14(8-17-15)18-10-19-16(13)21-9-11-3-5-12(22-2)6-4-11/h3-8,10H,9H2,1-2H3. The third kappa shape index (κ3) is 3.12. The summed E-state index contributed by atoms with van der Waals surface area (Å²) < 4.78 is 11.0. The van der Waals surface area contributed by atoms with Crippen LogP contribution in [0.25, 0.3) is 10.9 Å². The molecule has 0 amide bonds. The molecule has 3 aromatic rings. The predicted octanol–water partition coefficient (Wildman–Crippen LogP) is 3.33. The van der Waals surface area contributed by atoms with E-state index in [0.717, 1.165) is 16.5 Å². The van der Waals surface area contributed by atoms with Crippen LogP contribution in [-0.4, -0.2) is 28.3 Å². The summed E-state index contributed by atoms with van der Waals surface area (Å²) in [5.74, 6) is 1.04. The molecule has 2 aromatic heterocycles. The molecule has 0 bridgehead atoms. The average Bonchev–Trinajstić information content (AvgIpc) is 2.59. The first-order valence-corrected chi connectivity index (χ1v) is 7.93. The molecule has 0 atom stereocenters. The number of pyridine rings is 1. The number of thioether (sulfide) groups is 1. The Labute approximate surface area is 132 Å². The van der Waals surface area contributed by atoms with Crippen LogP contribution in [0.15, 0.2) is 47.8 Å². The maximum Gasteiger partial charge on any atom is 0.225 e. The molecular formula is C16H15N3O2S. The van der Waals surface area contributed by atoms with Crippen LogP contribution in [0.5, 0.6) is 11.8 Å². The van der Waals surface area contributed by atoms with Crippen LogP contribution in [0.3, 0.4) is 0 Å². The van der Waals surface area contributed by atoms with Crippen LogP contribution in [0.4, 0.5) is 0 Å². The van der Waals surface area contributed by atoms with Gasteiger partial charge in [-0.05, 0) is 24.0 Å². The van der Waals surface area contributed by atoms with Gasteiger partial charge in [-0.1, -0.05) is 12.1 Å². The zero-order valence-electron chi connectivity index (χ0n) is 12.3. The van der Waals surface area contributed by atoms with Gasteiger partial charge in [0.1, 0.15) is 12.9 Å². The van der Waals surface area contributed by atoms with Gasteiger partial charge in [0.05, 0.1) is 24.2 Å². The van der Waals surface area contributed by atoms with Crippen molar-refractivity contribution in [3.05, 3.63) is 48.4 Å². The summed E-state index contributed by atoms with van der Waals surface area (Å²) >= 11 is 1.72. The van der Waals surface area contributed by atoms with E-state index in [9.17, 15) is 0 Å². The van der Waals surface area contributed by atoms with Crippen LogP contribution >= 0.6 is 11.8 Å². The van der Waals surface area contributed by atoms with Crippen LogP contribution in [0.2, 0.25) is 0 Å². The molecule has 0 spiro atoms. The number of nitrogens with zero attached hydrogens (tertiary/aromatic N) is 3. The molecule has 0 N–H and O–H groups in total. The summed E-state index contributed by atoms with van der Waals surface area (Å²) in [5.41, 5.74) is 1.81. The number of ether oxygens (including phenoxy) is 2. The average molecular weight is 313 g/mol. The van der Waals surface area contributed by atoms with Crippen LogP contribution < -0.4 is 9.47 Å². The number of aromatic nitrogens is 3. The maximum absolute atomic E-state index is 5.84. The monoisotopic (exact) mass is 313 g/mol. The van der Waals surface area contributed by atoms with Crippen molar-refractivity contribution in [3.8, 4) is 11.8 Å². The molecule has 0 radical (unpaired) electrons. The van der Waals surface area contributed by atoms with Crippen molar-refractivity contribution in [3.63, 3.8) is 0 Å². The Hall–Kier alpha value is -2.34. The van der Waals surface area contributed by atoms with Crippen molar-refractivity contribution in [2.24, 2.45) is 0 Å². The predicted molar refractivity (Wildman–Crippen MR) is 86.4 cm³/mol. The first-order chi connectivity index (χ1) is 10.8. The van der Waals surface area contributed by atoms with E-state index in [-0.39, 0.29) is 0 Å². The van der Waals surface area contributed by atoms with E-state index in [1.165, 1.54) is 11.2 Å². The number of benzene rings is 1. The first-order valence-electron chi connectivity index (χ1n) is 6.70. The largest absolute Gasteiger partial charge is 0.481 e. The van der Waals surface area contributed by atoms with Crippen molar-refractivity contribution < 1.29 is 9.47 Å². The lowest BCUT2D eigenvalue weighted by molar-refractivity contribution is 0.297. The minimum Gasteiger partial charge on any atom is -0.481 e. The maximum atomic E-state index is 5.84. The highest BCUT2D eigenvalue weighted by Crippen LogP contribution is 2.24. The van der Waals surface area contributed by atoms with Gasteiger partial charge in [-0.25, -0.2) is 15.0 Å². The summed E-state index contributed by atoms with van der Waals surface area (Å²) in [4.78, 5) is 13.8. The fourth-order valence-electron chi connectivity index (χ4n) is 2.02. The van der Waals surface area contributed by atoms with Crippen LogP contribution in [-0.2, 0) is 6.61 Å². The zero-order valence-corrected chi connectivity index (χ0v) is 13.1. The van der Waals surface area contributed by atoms with Gasteiger partial charge in [-0.15, -0.1) is 11.8 Å². The topological polar surface area (TPSA) is 57.1 Å². The Morgan fingerprint density at radius 1 is 1.09 bits per heavy atom. The van der Waals surface area contributed by atoms with Crippen LogP contribution in [0, 0.1) is 0 Å². The smallest absolute Gasteiger partial charge is 0.225 e. The Balaban J connectivity index is 1.83. The Kier molecular flexibility index (Phi) is 4.39. The van der Waals surface area contributed by atoms with E-state index in [0.29, 0.717) is 18.4 Å². The molecule has 112 valence electrons. The Morgan fingerprint density at radius 2 is 1.91 bits per heavy atom. The third-order valence-electron chi connectivity index (χ3n) is 3.20. The van der Waals surface area contributed by atoms with Gasteiger partial charge in [0.2, 0.25) is 11.8 Å². The zero-order chi connectivity index (χ0) is 15.4. The highest BCUT2D eigenvalue weighted by atomic mass is 32.2. The number of fused-ring (bicyclic) bond motifs is 1. The summed E-state index contributed by atoms with van der Waals surface area (Å²) in [6, 6.07) is 10.0. The second-order valence-corrected chi connectivity index (χ2v) is 5.44. The first kappa shape index (κ1) is 14.6. The minimum atomic E-state index is 0.450. The second-order valence-electron chi connectivity index (χ2n) is 4.56. The van der Waals surface area contributed by atoms with Crippen molar-refractivity contribution >= 4 is 22.7 Å². The molecule has 5 nitrogen and oxygen atoms in total. The van der Waals surface area contributed by atoms with Gasteiger partial charge < -0.3 is 9.47 Å². The van der Waals surface area contributed by atoms with Crippen molar-refractivity contribution in [2.75, 3.05) is 13.4 Å². The molecule has 0 saturated carbocycles. The summed E-state index contributed by atoms with van der Waals surface area (Å²) in [7, 11) is 1.58. The molecule has 0 unspecified atom stereocenters. The van der Waals surface area contributed by atoms with E-state index in [1.54, 1.807) is 31.1 Å². The molecule has 22 heavy (non-hydrogen) atoms. The molecule has 0 fully saturated rings. The van der Waals surface area contributed by atoms with Crippen molar-refractivity contribution in [1.82, 2.24) is 15.0 Å². The van der Waals surface area contributed by atoms with Crippen LogP contribution in [0.1, 0.15) is 5.56 Å². The van der Waals surface area contributed by atoms with E-state index < -0.39 is 0 Å². The normalized spacial score (nSPS) is 10.6. The number of hydrogen-bond donors (Lipinski definition) is 0. The molecule has 3 rings (SSSR count). The molecule has 2 heterocycles. The molecule has 0 aliphatic carbocycles. The lowest BCUT2D eigenvalue weighted by Gasteiger charge is -2.08. The SMILES string of the molecule is COc1cc2c(OCc3ccc(SC)cc3)ncnc2cn1. The second kappa shape index (κ2) is 6.62. The van der Waals surface area contributed by atoms with Gasteiger partial charge in [0.15, 0.2) is 0 Å². The summed E-state index contributed by atoms with van der Waals surface area (Å²) in [6.07, 6.45) is 5.18. The third-order valence-corrected chi connectivity index (χ3v) is 3.95. The van der Waals surface area contributed by atoms with E-state index in [2.05, 4.69) is 45.5 Å². The van der Waals surface area contributed by atoms with Gasteiger partial charge >= 0.3 is 0 Å². The van der Waals surface area contributed by atoms with Gasteiger partial charge in [-0.3, -0.25) is 0 Å². The van der Waals surface area contributed by atoms with Gasteiger partial charge in [0, 0.05) is 11.0 Å². The summed E-state index contributed by atoms with van der Waals surface area (Å²) in [5, 5.41) is 0.787. The molecule has 6 heteroatoms. The lowest BCUT2D eigenvalue weighted by Crippen LogP contribution is -1.99. The minimum absolute atomic E-state index is 0.450. The quantitative estimate of drug-likeness (QED) is 0.673. The fourth-order valence-corrected chi connectivity index (χ4v) is 2.42. The number of hydrogen-bond acceptors (Lipinski definition) is 6. The number of rotatable bonds is 5. The summed E-state index contributed by atoms with van der Waals surface area (Å²) in [6.45, 7) is 0.450. The van der Waals surface area contributed by atoms with Crippen molar-refractivity contribution in [1.29, 1.82) is 0 Å². The van der Waals surface area contributed by atoms with E-state index in [4.69, 9.17) is 9.47 Å². The molecular weight excluding hydrogens is 298 g/mol. The molecule has 0 aliphatic heterocycles. The van der Waals surface area contributed by atoms with Gasteiger partial charge in [0.25, 0.3) is 0 Å². The van der Waals surface area contributed by atoms with E-state index >= 15 is 0 Å². The lowest BCUT2D eigenvalue weighted by atomic mass is 10.2. The highest BCUT2D eigenvalue weighted by molar-refractivity contribution is 7.98. The Bertz CT molecular complexity index is 778. The molecule has 0 aliphatic rings. The molecule has 0 saturated heterocycles. The molecule has 1 aromatic carbocycles. The van der Waals surface area contributed by atoms with Gasteiger partial charge in [-0.2, -0.15) is 0 Å². The Morgan fingerprint density at radius 3 is 2.64 bits per heavy atom. The highest BCUT2D eigenvalue weighted by Gasteiger charge is 2.07.